The van der Waals surface area contributed by atoms with Crippen molar-refractivity contribution in [1.29, 1.82) is 0 Å². The van der Waals surface area contributed by atoms with E-state index in [0.717, 1.165) is 13.1 Å². The highest BCUT2D eigenvalue weighted by Crippen LogP contribution is 2.16. The molecule has 1 atom stereocenters. The monoisotopic (exact) mass is 146 g/mol. The zero-order valence-electron chi connectivity index (χ0n) is 6.22. The van der Waals surface area contributed by atoms with E-state index in [-0.39, 0.29) is 0 Å². The Hall–Kier alpha value is 0.0600. The molecule has 0 spiro atoms. The van der Waals surface area contributed by atoms with E-state index in [9.17, 15) is 0 Å². The average Bonchev–Trinajstić information content (AvgIpc) is 1.88. The van der Waals surface area contributed by atoms with Gasteiger partial charge in [-0.3, -0.25) is 9.43 Å². The molecule has 0 rings (SSSR count). The Bertz CT molecular complexity index is 75.5. The molecule has 0 aromatic heterocycles. The molecule has 0 saturated carbocycles. The summed E-state index contributed by atoms with van der Waals surface area (Å²) >= 11 is 0. The molecule has 0 fully saturated rings. The summed E-state index contributed by atoms with van der Waals surface area (Å²) in [5.41, 5.74) is 0. The minimum atomic E-state index is 0.560. The second kappa shape index (κ2) is 6.18. The highest BCUT2D eigenvalue weighted by Gasteiger charge is 1.95. The lowest BCUT2D eigenvalue weighted by Gasteiger charge is -2.14. The molecule has 0 aliphatic heterocycles. The summed E-state index contributed by atoms with van der Waals surface area (Å²) in [5.74, 6) is 0. The van der Waals surface area contributed by atoms with Gasteiger partial charge in [-0.15, -0.1) is 0 Å². The number of nitrogens with zero attached hydrogens (tertiary/aromatic N) is 2. The summed E-state index contributed by atoms with van der Waals surface area (Å²) in [6.07, 6.45) is 1.20. The van der Waals surface area contributed by atoms with Gasteiger partial charge in [0.05, 0.1) is 8.88 Å². The molecule has 0 aliphatic carbocycles. The van der Waals surface area contributed by atoms with Gasteiger partial charge < -0.3 is 0 Å². The Morgan fingerprint density at radius 2 is 2.22 bits per heavy atom. The van der Waals surface area contributed by atoms with Gasteiger partial charge >= 0.3 is 0 Å². The third-order valence-electron chi connectivity index (χ3n) is 1.09. The second-order valence-electron chi connectivity index (χ2n) is 1.84. The third-order valence-corrected chi connectivity index (χ3v) is 2.05. The van der Waals surface area contributed by atoms with Crippen LogP contribution in [-0.2, 0) is 0 Å². The van der Waals surface area contributed by atoms with E-state index < -0.39 is 0 Å². The maximum Gasteiger partial charge on any atom is 0.0735 e. The quantitative estimate of drug-likeness (QED) is 0.427. The van der Waals surface area contributed by atoms with Crippen LogP contribution in [0.4, 0.5) is 0 Å². The Kier molecular flexibility index (Phi) is 6.23. The van der Waals surface area contributed by atoms with Gasteiger partial charge in [-0.05, 0) is 13.1 Å². The molecule has 0 N–H and O–H groups in total. The van der Waals surface area contributed by atoms with Gasteiger partial charge in [-0.25, -0.2) is 0 Å². The van der Waals surface area contributed by atoms with Crippen LogP contribution in [0, 0.1) is 0 Å². The van der Waals surface area contributed by atoms with Crippen molar-refractivity contribution in [1.82, 2.24) is 4.67 Å². The van der Waals surface area contributed by atoms with Gasteiger partial charge in [0.15, 0.2) is 0 Å². The van der Waals surface area contributed by atoms with Crippen LogP contribution in [0.5, 0.6) is 0 Å². The predicted octanol–water partition coefficient (Wildman–Crippen LogP) is 1.93. The number of hydrogen-bond donors (Lipinski definition) is 0. The molecule has 3 heteroatoms. The molecule has 0 bridgehead atoms. The van der Waals surface area contributed by atoms with Crippen LogP contribution >= 0.6 is 8.88 Å². The van der Waals surface area contributed by atoms with Crippen LogP contribution in [0.15, 0.2) is 4.76 Å². The Labute approximate surface area is 59.2 Å². The molecule has 1 unspecified atom stereocenters. The van der Waals surface area contributed by atoms with Crippen LogP contribution in [0.3, 0.4) is 0 Å². The largest absolute Gasteiger partial charge is 0.267 e. The Morgan fingerprint density at radius 1 is 1.56 bits per heavy atom. The number of rotatable bonds is 5. The molecule has 2 nitrogen and oxygen atoms in total. The molecule has 0 aliphatic rings. The van der Waals surface area contributed by atoms with Crippen LogP contribution in [0.1, 0.15) is 20.3 Å². The second-order valence-corrected chi connectivity index (χ2v) is 2.99. The first kappa shape index (κ1) is 9.06. The fraction of sp³-hybridized carbons (Fsp3) is 0.833. The first-order chi connectivity index (χ1) is 4.35. The normalized spacial score (nSPS) is 11.4. The van der Waals surface area contributed by atoms with E-state index in [1.165, 1.54) is 6.42 Å². The standard InChI is InChI=1S/C6H15N2P/c1-4-6-8(5-2)9-7-3/h9H,3-6H2,1-2H3. The Morgan fingerprint density at radius 3 is 2.56 bits per heavy atom. The molecule has 0 radical (unpaired) electrons. The van der Waals surface area contributed by atoms with Crippen molar-refractivity contribution in [2.75, 3.05) is 13.1 Å². The van der Waals surface area contributed by atoms with Gasteiger partial charge in [0.1, 0.15) is 0 Å². The maximum atomic E-state index is 3.83. The predicted molar refractivity (Wildman–Crippen MR) is 45.4 cm³/mol. The third kappa shape index (κ3) is 4.56. The smallest absolute Gasteiger partial charge is 0.0735 e. The molecule has 54 valence electrons. The van der Waals surface area contributed by atoms with Crippen LogP contribution in [-0.4, -0.2) is 24.5 Å². The highest BCUT2D eigenvalue weighted by molar-refractivity contribution is 7.33. The molecular formula is C6H15N2P. The van der Waals surface area contributed by atoms with Gasteiger partial charge in [0.2, 0.25) is 0 Å². The summed E-state index contributed by atoms with van der Waals surface area (Å²) in [6.45, 7) is 10.0. The first-order valence-corrected chi connectivity index (χ1v) is 4.20. The van der Waals surface area contributed by atoms with Crippen molar-refractivity contribution >= 4 is 15.6 Å². The minimum absolute atomic E-state index is 0.560. The molecule has 9 heavy (non-hydrogen) atoms. The van der Waals surface area contributed by atoms with Crippen LogP contribution < -0.4 is 0 Å². The minimum Gasteiger partial charge on any atom is -0.267 e. The van der Waals surface area contributed by atoms with E-state index in [1.54, 1.807) is 0 Å². The SMILES string of the molecule is C=NPN(CC)CCC. The molecule has 0 amide bonds. The van der Waals surface area contributed by atoms with E-state index in [4.69, 9.17) is 0 Å². The summed E-state index contributed by atoms with van der Waals surface area (Å²) in [6, 6.07) is 0. The highest BCUT2D eigenvalue weighted by atomic mass is 31.1. The lowest BCUT2D eigenvalue weighted by molar-refractivity contribution is 0.486. The van der Waals surface area contributed by atoms with E-state index in [1.807, 2.05) is 0 Å². The lowest BCUT2D eigenvalue weighted by Crippen LogP contribution is -2.12. The summed E-state index contributed by atoms with van der Waals surface area (Å²) in [4.78, 5) is 0. The van der Waals surface area contributed by atoms with Crippen molar-refractivity contribution in [3.8, 4) is 0 Å². The summed E-state index contributed by atoms with van der Waals surface area (Å²) in [7, 11) is 0.560. The van der Waals surface area contributed by atoms with E-state index in [0.29, 0.717) is 8.88 Å². The average molecular weight is 146 g/mol. The van der Waals surface area contributed by atoms with Crippen molar-refractivity contribution < 1.29 is 0 Å². The lowest BCUT2D eigenvalue weighted by atomic mass is 10.5. The zero-order valence-corrected chi connectivity index (χ0v) is 7.22. The van der Waals surface area contributed by atoms with E-state index >= 15 is 0 Å². The van der Waals surface area contributed by atoms with Crippen LogP contribution in [0.2, 0.25) is 0 Å². The zero-order chi connectivity index (χ0) is 7.11. The van der Waals surface area contributed by atoms with Crippen molar-refractivity contribution in [2.24, 2.45) is 4.76 Å². The number of hydrogen-bond acceptors (Lipinski definition) is 2. The summed E-state index contributed by atoms with van der Waals surface area (Å²) < 4.78 is 6.11. The topological polar surface area (TPSA) is 15.6 Å². The van der Waals surface area contributed by atoms with Crippen molar-refractivity contribution in [3.63, 3.8) is 0 Å². The molecule has 0 aromatic carbocycles. The van der Waals surface area contributed by atoms with Crippen molar-refractivity contribution in [3.05, 3.63) is 0 Å². The maximum absolute atomic E-state index is 3.83. The molecular weight excluding hydrogens is 131 g/mol. The molecule has 0 saturated heterocycles. The Balaban J connectivity index is 3.28. The van der Waals surface area contributed by atoms with Gasteiger partial charge in [0, 0.05) is 13.1 Å². The van der Waals surface area contributed by atoms with Gasteiger partial charge in [-0.1, -0.05) is 13.8 Å². The molecule has 0 heterocycles. The van der Waals surface area contributed by atoms with Crippen molar-refractivity contribution in [2.45, 2.75) is 20.3 Å². The van der Waals surface area contributed by atoms with Gasteiger partial charge in [0.25, 0.3) is 0 Å². The van der Waals surface area contributed by atoms with E-state index in [2.05, 4.69) is 30.0 Å². The fourth-order valence-electron chi connectivity index (χ4n) is 0.649. The van der Waals surface area contributed by atoms with Crippen LogP contribution in [0.25, 0.3) is 0 Å². The molecule has 0 aromatic rings. The summed E-state index contributed by atoms with van der Waals surface area (Å²) in [5, 5.41) is 0. The van der Waals surface area contributed by atoms with Gasteiger partial charge in [-0.2, -0.15) is 0 Å². The fourth-order valence-corrected chi connectivity index (χ4v) is 1.31. The first-order valence-electron chi connectivity index (χ1n) is 3.31.